The minimum Gasteiger partial charge on any atom is -0.504 e. The number of carboxylic acids is 1. The third-order valence-electron chi connectivity index (χ3n) is 5.89. The number of phenolic OH excluding ortho intramolecular Hbond substituents is 2. The Bertz CT molecular complexity index is 1360. The number of urea groups is 1. The predicted molar refractivity (Wildman–Crippen MR) is 139 cm³/mol. The molecule has 2 aromatic rings. The zero-order valence-electron chi connectivity index (χ0n) is 20.3. The van der Waals surface area contributed by atoms with Gasteiger partial charge in [0.2, 0.25) is 18.2 Å². The molecule has 2 saturated heterocycles. The van der Waals surface area contributed by atoms with Gasteiger partial charge in [0, 0.05) is 10.1 Å². The number of carbonyl (C=O) groups excluding carboxylic acids is 4. The monoisotopic (exact) mass is 577 g/mol. The van der Waals surface area contributed by atoms with Crippen molar-refractivity contribution in [3.63, 3.8) is 0 Å². The number of β-lactam (4-membered cyclic amide) rings is 1. The molecule has 0 radical (unpaired) electrons. The van der Waals surface area contributed by atoms with E-state index in [9.17, 15) is 39.3 Å². The van der Waals surface area contributed by atoms with Gasteiger partial charge in [0.05, 0.1) is 11.9 Å². The molecule has 39 heavy (non-hydrogen) atoms. The molecule has 2 aliphatic heterocycles. The lowest BCUT2D eigenvalue weighted by molar-refractivity contribution is -0.161. The van der Waals surface area contributed by atoms with Crippen molar-refractivity contribution >= 4 is 64.7 Å². The Labute approximate surface area is 228 Å². The fourth-order valence-electron chi connectivity index (χ4n) is 4.14. The first-order valence-corrected chi connectivity index (χ1v) is 13.0. The van der Waals surface area contributed by atoms with Crippen LogP contribution in [0.2, 0.25) is 0 Å². The number of hydrazone groups is 1. The molecule has 0 spiro atoms. The van der Waals surface area contributed by atoms with Crippen LogP contribution in [0.1, 0.15) is 31.1 Å². The van der Waals surface area contributed by atoms with Gasteiger partial charge in [0.15, 0.2) is 22.7 Å². The van der Waals surface area contributed by atoms with Crippen molar-refractivity contribution in [2.45, 2.75) is 42.1 Å². The summed E-state index contributed by atoms with van der Waals surface area (Å²) in [6, 6.07) is -0.538. The first-order chi connectivity index (χ1) is 18.4. The highest BCUT2D eigenvalue weighted by molar-refractivity contribution is 8.01. The van der Waals surface area contributed by atoms with Crippen molar-refractivity contribution in [3.05, 3.63) is 34.8 Å². The van der Waals surface area contributed by atoms with Crippen molar-refractivity contribution in [2.75, 3.05) is 5.32 Å². The van der Waals surface area contributed by atoms with Crippen LogP contribution in [-0.4, -0.2) is 83.8 Å². The maximum absolute atomic E-state index is 13.3. The molecule has 5 amide bonds. The maximum atomic E-state index is 13.3. The molecule has 206 valence electrons. The number of hydrogen-bond acceptors (Lipinski definition) is 11. The van der Waals surface area contributed by atoms with Crippen molar-refractivity contribution in [3.8, 4) is 11.5 Å². The van der Waals surface area contributed by atoms with E-state index in [1.54, 1.807) is 13.8 Å². The molecule has 1 aromatic heterocycles. The number of phenols is 2. The van der Waals surface area contributed by atoms with E-state index in [1.165, 1.54) is 46.5 Å². The van der Waals surface area contributed by atoms with E-state index in [2.05, 4.69) is 31.5 Å². The molecular formula is C22H23N7O8S2. The van der Waals surface area contributed by atoms with E-state index in [4.69, 9.17) is 0 Å². The van der Waals surface area contributed by atoms with E-state index in [-0.39, 0.29) is 22.3 Å². The smallest absolute Gasteiger partial charge is 0.336 e. The van der Waals surface area contributed by atoms with Gasteiger partial charge < -0.3 is 36.2 Å². The zero-order valence-corrected chi connectivity index (χ0v) is 21.9. The van der Waals surface area contributed by atoms with Crippen LogP contribution in [0.15, 0.2) is 28.7 Å². The first-order valence-electron chi connectivity index (χ1n) is 11.2. The number of rotatable bonds is 9. The van der Waals surface area contributed by atoms with Crippen LogP contribution in [0.25, 0.3) is 0 Å². The highest BCUT2D eigenvalue weighted by Crippen LogP contribution is 2.50. The van der Waals surface area contributed by atoms with Crippen LogP contribution in [0, 0.1) is 0 Å². The summed E-state index contributed by atoms with van der Waals surface area (Å²) in [5.74, 6) is -3.22. The lowest BCUT2D eigenvalue weighted by Gasteiger charge is -2.43. The number of aliphatic carboxylic acids is 1. The van der Waals surface area contributed by atoms with E-state index in [1.807, 2.05) is 0 Å². The lowest BCUT2D eigenvalue weighted by atomic mass is 9.96. The number of fused-ring (bicyclic) bond motifs is 1. The van der Waals surface area contributed by atoms with Gasteiger partial charge in [-0.1, -0.05) is 0 Å². The van der Waals surface area contributed by atoms with E-state index >= 15 is 0 Å². The molecular weight excluding hydrogens is 554 g/mol. The Morgan fingerprint density at radius 2 is 1.97 bits per heavy atom. The number of aromatic hydroxyl groups is 2. The lowest BCUT2D eigenvalue weighted by Crippen LogP contribution is -2.71. The molecule has 2 fully saturated rings. The van der Waals surface area contributed by atoms with Gasteiger partial charge >= 0.3 is 12.0 Å². The Morgan fingerprint density at radius 1 is 1.23 bits per heavy atom. The molecule has 3 heterocycles. The number of benzene rings is 1. The zero-order chi connectivity index (χ0) is 28.5. The number of nitrogens with zero attached hydrogens (tertiary/aromatic N) is 3. The van der Waals surface area contributed by atoms with Gasteiger partial charge in [-0.05, 0) is 37.6 Å². The van der Waals surface area contributed by atoms with E-state index < -0.39 is 52.1 Å². The second-order valence-corrected chi connectivity index (χ2v) is 11.6. The number of carbonyl (C=O) groups is 5. The van der Waals surface area contributed by atoms with Gasteiger partial charge in [0.25, 0.3) is 0 Å². The average molecular weight is 578 g/mol. The van der Waals surface area contributed by atoms with Gasteiger partial charge in [-0.25, -0.2) is 20.0 Å². The topological polar surface area (TPSA) is 223 Å². The second-order valence-electron chi connectivity index (χ2n) is 8.95. The van der Waals surface area contributed by atoms with Crippen LogP contribution in [0.4, 0.5) is 9.93 Å². The number of thioether (sulfide) groups is 1. The molecule has 4 rings (SSSR count). The number of amides is 5. The number of nitrogens with one attached hydrogen (secondary N) is 4. The van der Waals surface area contributed by atoms with Gasteiger partial charge in [-0.2, -0.15) is 5.10 Å². The Morgan fingerprint density at radius 3 is 2.64 bits per heavy atom. The third-order valence-corrected chi connectivity index (χ3v) is 8.25. The molecule has 0 aliphatic carbocycles. The SMILES string of the molecule is CC1(C)S[C@@H]2C(NC(=O)C(NC(=O)N/N=C/c3ccc(O)c(O)c3)c3csc(NC=O)n3)C(=O)N2[C@H]1C(=O)O. The summed E-state index contributed by atoms with van der Waals surface area (Å²) in [7, 11) is 0. The summed E-state index contributed by atoms with van der Waals surface area (Å²) < 4.78 is -0.792. The highest BCUT2D eigenvalue weighted by Gasteiger charge is 2.64. The molecule has 0 bridgehead atoms. The fourth-order valence-corrected chi connectivity index (χ4v) is 6.46. The summed E-state index contributed by atoms with van der Waals surface area (Å²) >= 11 is 2.24. The molecule has 1 aromatic carbocycles. The fraction of sp³-hybridized carbons (Fsp3) is 0.318. The standard InChI is InChI=1S/C22H23N7O8S2/c1-22(2)15(19(35)36)29-17(34)14(18(29)39-22)26-16(33)13(10-7-38-21(25-10)23-8-30)27-20(37)28-24-6-9-3-4-11(31)12(32)5-9/h3-8,13-15,18,31-32H,1-2H3,(H,26,33)(H,35,36)(H,23,25,30)(H2,27,28,37)/b24-6+/t13?,14?,15-,18+/m0/s1. The van der Waals surface area contributed by atoms with Crippen molar-refractivity contribution in [1.29, 1.82) is 0 Å². The quantitative estimate of drug-likeness (QED) is 0.0701. The Kier molecular flexibility index (Phi) is 7.64. The minimum absolute atomic E-state index is 0.0656. The van der Waals surface area contributed by atoms with Crippen molar-refractivity contribution < 1.29 is 39.3 Å². The molecule has 2 unspecified atom stereocenters. The summed E-state index contributed by atoms with van der Waals surface area (Å²) in [6.45, 7) is 3.40. The van der Waals surface area contributed by atoms with Crippen LogP contribution in [0.3, 0.4) is 0 Å². The minimum atomic E-state index is -1.41. The number of anilines is 1. The predicted octanol–water partition coefficient (Wildman–Crippen LogP) is 0.129. The molecule has 0 saturated carbocycles. The number of hydrogen-bond donors (Lipinski definition) is 7. The second kappa shape index (κ2) is 10.8. The number of aromatic nitrogens is 1. The summed E-state index contributed by atoms with van der Waals surface area (Å²) in [5, 5.41) is 40.5. The summed E-state index contributed by atoms with van der Waals surface area (Å²) in [4.78, 5) is 66.4. The van der Waals surface area contributed by atoms with E-state index in [0.717, 1.165) is 11.3 Å². The summed E-state index contributed by atoms with van der Waals surface area (Å²) in [6.07, 6.45) is 1.58. The molecule has 4 atom stereocenters. The Hall–Kier alpha value is -4.38. The average Bonchev–Trinajstić information content (AvgIpc) is 3.43. The Balaban J connectivity index is 1.47. The number of carboxylic acid groups (broad SMARTS) is 1. The summed E-state index contributed by atoms with van der Waals surface area (Å²) in [5.41, 5.74) is 2.58. The van der Waals surface area contributed by atoms with Crippen molar-refractivity contribution in [1.82, 2.24) is 25.9 Å². The largest absolute Gasteiger partial charge is 0.504 e. The normalized spacial score (nSPS) is 21.9. The molecule has 2 aliphatic rings. The molecule has 15 nitrogen and oxygen atoms in total. The highest BCUT2D eigenvalue weighted by atomic mass is 32.2. The maximum Gasteiger partial charge on any atom is 0.336 e. The molecule has 7 N–H and O–H groups in total. The van der Waals surface area contributed by atoms with Crippen LogP contribution in [0.5, 0.6) is 11.5 Å². The van der Waals surface area contributed by atoms with Crippen LogP contribution in [-0.2, 0) is 19.2 Å². The first kappa shape index (κ1) is 27.6. The van der Waals surface area contributed by atoms with Gasteiger partial charge in [-0.3, -0.25) is 14.4 Å². The third kappa shape index (κ3) is 5.58. The molecule has 17 heteroatoms. The van der Waals surface area contributed by atoms with Crippen LogP contribution >= 0.6 is 23.1 Å². The van der Waals surface area contributed by atoms with Crippen molar-refractivity contribution in [2.24, 2.45) is 5.10 Å². The van der Waals surface area contributed by atoms with Gasteiger partial charge in [0.1, 0.15) is 17.5 Å². The van der Waals surface area contributed by atoms with Crippen LogP contribution < -0.4 is 21.4 Å². The number of thiazole rings is 1. The van der Waals surface area contributed by atoms with E-state index in [0.29, 0.717) is 12.0 Å². The van der Waals surface area contributed by atoms with Gasteiger partial charge in [-0.15, -0.1) is 23.1 Å².